The van der Waals surface area contributed by atoms with Gasteiger partial charge in [0.05, 0.1) is 11.6 Å². The van der Waals surface area contributed by atoms with E-state index in [2.05, 4.69) is 74.3 Å². The molecule has 5 heteroatoms. The number of hydrogen-bond donors (Lipinski definition) is 1. The fourth-order valence-corrected chi connectivity index (χ4v) is 8.76. The molecule has 1 atom stereocenters. The van der Waals surface area contributed by atoms with Crippen molar-refractivity contribution in [3.63, 3.8) is 0 Å². The van der Waals surface area contributed by atoms with Crippen molar-refractivity contribution in [1.29, 1.82) is 0 Å². The van der Waals surface area contributed by atoms with Crippen molar-refractivity contribution in [3.05, 3.63) is 60.7 Å². The highest BCUT2D eigenvalue weighted by molar-refractivity contribution is 6.99. The molecular weight excluding hydrogens is 390 g/mol. The van der Waals surface area contributed by atoms with Gasteiger partial charge in [-0.1, -0.05) is 81.4 Å². The maximum atomic E-state index is 10.6. The fourth-order valence-electron chi connectivity index (χ4n) is 4.18. The number of aliphatic hydroxyl groups excluding tert-OH is 1. The summed E-state index contributed by atoms with van der Waals surface area (Å²) in [4.78, 5) is 4.55. The summed E-state index contributed by atoms with van der Waals surface area (Å²) in [7, 11) is -2.56. The van der Waals surface area contributed by atoms with E-state index in [1.165, 1.54) is 10.4 Å². The number of benzene rings is 2. The fraction of sp³-hybridized carbons (Fsp3) is 0.480. The Kier molecular flexibility index (Phi) is 6.85. The zero-order chi connectivity index (χ0) is 21.8. The van der Waals surface area contributed by atoms with Crippen LogP contribution < -0.4 is 10.4 Å². The molecule has 2 aromatic rings. The van der Waals surface area contributed by atoms with Gasteiger partial charge in [-0.3, -0.25) is 0 Å². The van der Waals surface area contributed by atoms with Crippen LogP contribution in [0.15, 0.2) is 65.7 Å². The highest BCUT2D eigenvalue weighted by Crippen LogP contribution is 2.36. The zero-order valence-electron chi connectivity index (χ0n) is 18.9. The molecule has 0 spiro atoms. The van der Waals surface area contributed by atoms with Gasteiger partial charge >= 0.3 is 0 Å². The minimum atomic E-state index is -2.56. The number of aliphatic hydroxyl groups is 1. The molecule has 1 unspecified atom stereocenters. The Hall–Kier alpha value is -1.95. The van der Waals surface area contributed by atoms with Crippen LogP contribution in [0, 0.1) is 0 Å². The molecule has 1 aliphatic rings. The SMILES string of the molecule is CC1(C)COC(CC(O)CCO[Si](c2ccccc2)(c2ccccc2)C(C)(C)C)=N1. The first-order valence-corrected chi connectivity index (χ1v) is 12.7. The molecule has 1 aliphatic heterocycles. The maximum absolute atomic E-state index is 10.6. The van der Waals surface area contributed by atoms with Gasteiger partial charge in [-0.05, 0) is 35.7 Å². The first-order chi connectivity index (χ1) is 14.1. The second-order valence-corrected chi connectivity index (χ2v) is 14.1. The van der Waals surface area contributed by atoms with E-state index in [4.69, 9.17) is 9.16 Å². The van der Waals surface area contributed by atoms with Gasteiger partial charge in [0, 0.05) is 13.0 Å². The molecule has 0 saturated heterocycles. The number of nitrogens with zero attached hydrogens (tertiary/aromatic N) is 1. The molecule has 0 aromatic heterocycles. The van der Waals surface area contributed by atoms with Crippen LogP contribution in [0.4, 0.5) is 0 Å². The van der Waals surface area contributed by atoms with Gasteiger partial charge in [-0.15, -0.1) is 0 Å². The Labute approximate surface area is 182 Å². The van der Waals surface area contributed by atoms with Gasteiger partial charge in [0.25, 0.3) is 8.32 Å². The van der Waals surface area contributed by atoms with Crippen LogP contribution in [0.2, 0.25) is 5.04 Å². The monoisotopic (exact) mass is 425 g/mol. The highest BCUT2D eigenvalue weighted by atomic mass is 28.4. The van der Waals surface area contributed by atoms with Crippen LogP contribution in [-0.4, -0.2) is 44.2 Å². The predicted molar refractivity (Wildman–Crippen MR) is 126 cm³/mol. The number of ether oxygens (including phenoxy) is 1. The van der Waals surface area contributed by atoms with E-state index in [1.807, 2.05) is 26.0 Å². The first kappa shape index (κ1) is 22.7. The van der Waals surface area contributed by atoms with Gasteiger partial charge in [0.1, 0.15) is 6.61 Å². The maximum Gasteiger partial charge on any atom is 0.261 e. The van der Waals surface area contributed by atoms with E-state index in [0.29, 0.717) is 32.0 Å². The Morgan fingerprint density at radius 3 is 2.00 bits per heavy atom. The summed E-state index contributed by atoms with van der Waals surface area (Å²) in [6, 6.07) is 21.2. The van der Waals surface area contributed by atoms with Crippen molar-refractivity contribution < 1.29 is 14.3 Å². The lowest BCUT2D eigenvalue weighted by Crippen LogP contribution is -2.66. The Morgan fingerprint density at radius 1 is 1.03 bits per heavy atom. The molecule has 4 nitrogen and oxygen atoms in total. The Morgan fingerprint density at radius 2 is 1.57 bits per heavy atom. The normalized spacial score (nSPS) is 17.3. The number of aliphatic imine (C=N–C) groups is 1. The van der Waals surface area contributed by atoms with Gasteiger partial charge in [0.15, 0.2) is 5.90 Å². The summed E-state index contributed by atoms with van der Waals surface area (Å²) < 4.78 is 12.5. The van der Waals surface area contributed by atoms with E-state index in [0.717, 1.165) is 0 Å². The third kappa shape index (κ3) is 5.02. The minimum absolute atomic E-state index is 0.0661. The summed E-state index contributed by atoms with van der Waals surface area (Å²) >= 11 is 0. The van der Waals surface area contributed by atoms with Crippen LogP contribution >= 0.6 is 0 Å². The average molecular weight is 426 g/mol. The highest BCUT2D eigenvalue weighted by Gasteiger charge is 2.50. The standard InChI is InChI=1S/C25H35NO3Si/c1-24(2,3)30(21-12-8-6-9-13-21,22-14-10-7-11-15-22)29-17-16-20(27)18-23-26-25(4,5)19-28-23/h6-15,20,27H,16-19H2,1-5H3. The molecule has 30 heavy (non-hydrogen) atoms. The van der Waals surface area contributed by atoms with Crippen LogP contribution in [-0.2, 0) is 9.16 Å². The van der Waals surface area contributed by atoms with Crippen molar-refractivity contribution in [2.45, 2.75) is 64.1 Å². The third-order valence-corrected chi connectivity index (χ3v) is 10.7. The molecule has 3 rings (SSSR count). The van der Waals surface area contributed by atoms with Gasteiger partial charge in [-0.25, -0.2) is 4.99 Å². The van der Waals surface area contributed by atoms with Crippen molar-refractivity contribution in [1.82, 2.24) is 0 Å². The van der Waals surface area contributed by atoms with E-state index < -0.39 is 14.4 Å². The summed E-state index contributed by atoms with van der Waals surface area (Å²) in [5.74, 6) is 0.651. The lowest BCUT2D eigenvalue weighted by atomic mass is 10.1. The summed E-state index contributed by atoms with van der Waals surface area (Å²) in [5.41, 5.74) is -0.194. The number of rotatable bonds is 8. The second-order valence-electron chi connectivity index (χ2n) is 9.76. The lowest BCUT2D eigenvalue weighted by molar-refractivity contribution is 0.136. The first-order valence-electron chi connectivity index (χ1n) is 10.8. The van der Waals surface area contributed by atoms with Gasteiger partial charge in [-0.2, -0.15) is 0 Å². The van der Waals surface area contributed by atoms with Crippen molar-refractivity contribution in [2.75, 3.05) is 13.2 Å². The molecule has 0 amide bonds. The second kappa shape index (κ2) is 9.04. The molecule has 1 N–H and O–H groups in total. The molecule has 0 aliphatic carbocycles. The smallest absolute Gasteiger partial charge is 0.261 e. The molecule has 0 fully saturated rings. The largest absolute Gasteiger partial charge is 0.478 e. The summed E-state index contributed by atoms with van der Waals surface area (Å²) in [5, 5.41) is 13.0. The van der Waals surface area contributed by atoms with Crippen LogP contribution in [0.1, 0.15) is 47.5 Å². The Bertz CT molecular complexity index is 804. The molecule has 0 saturated carbocycles. The van der Waals surface area contributed by atoms with Gasteiger partial charge in [0.2, 0.25) is 0 Å². The van der Waals surface area contributed by atoms with Crippen LogP contribution in [0.3, 0.4) is 0 Å². The van der Waals surface area contributed by atoms with E-state index in [9.17, 15) is 5.11 Å². The van der Waals surface area contributed by atoms with Crippen molar-refractivity contribution in [3.8, 4) is 0 Å². The average Bonchev–Trinajstić information content (AvgIpc) is 3.04. The van der Waals surface area contributed by atoms with Gasteiger partial charge < -0.3 is 14.3 Å². The third-order valence-electron chi connectivity index (χ3n) is 5.62. The quantitative estimate of drug-likeness (QED) is 0.653. The molecule has 1 heterocycles. The molecule has 2 aromatic carbocycles. The van der Waals surface area contributed by atoms with Crippen molar-refractivity contribution >= 4 is 24.6 Å². The van der Waals surface area contributed by atoms with E-state index in [-0.39, 0.29) is 10.6 Å². The molecular formula is C25H35NO3Si. The lowest BCUT2D eigenvalue weighted by Gasteiger charge is -2.43. The Balaban J connectivity index is 1.80. The number of hydrogen-bond acceptors (Lipinski definition) is 4. The van der Waals surface area contributed by atoms with E-state index >= 15 is 0 Å². The zero-order valence-corrected chi connectivity index (χ0v) is 19.9. The minimum Gasteiger partial charge on any atom is -0.478 e. The van der Waals surface area contributed by atoms with Crippen molar-refractivity contribution in [2.24, 2.45) is 4.99 Å². The van der Waals surface area contributed by atoms with Crippen LogP contribution in [0.5, 0.6) is 0 Å². The van der Waals surface area contributed by atoms with Crippen LogP contribution in [0.25, 0.3) is 0 Å². The molecule has 0 bridgehead atoms. The topological polar surface area (TPSA) is 51.0 Å². The molecule has 162 valence electrons. The predicted octanol–water partition coefficient (Wildman–Crippen LogP) is 3.91. The summed E-state index contributed by atoms with van der Waals surface area (Å²) in [6.07, 6.45) is 0.455. The van der Waals surface area contributed by atoms with E-state index in [1.54, 1.807) is 0 Å². The molecule has 0 radical (unpaired) electrons. The summed E-state index contributed by atoms with van der Waals surface area (Å²) in [6.45, 7) is 11.9.